The van der Waals surface area contributed by atoms with Crippen molar-refractivity contribution in [3.8, 4) is 5.88 Å². The molecule has 3 aromatic rings. The second-order valence-electron chi connectivity index (χ2n) is 9.90. The van der Waals surface area contributed by atoms with Crippen LogP contribution < -0.4 is 4.74 Å². The average molecular weight is 588 g/mol. The zero-order valence-electron chi connectivity index (χ0n) is 21.3. The molecule has 14 heteroatoms. The topological polar surface area (TPSA) is 76.3 Å². The molecule has 40 heavy (non-hydrogen) atoms. The molecular weight excluding hydrogens is 564 g/mol. The van der Waals surface area contributed by atoms with Crippen molar-refractivity contribution >= 4 is 17.7 Å². The van der Waals surface area contributed by atoms with Crippen molar-refractivity contribution in [1.29, 1.82) is 0 Å². The van der Waals surface area contributed by atoms with E-state index in [1.54, 1.807) is 18.0 Å². The van der Waals surface area contributed by atoms with Crippen LogP contribution in [-0.2, 0) is 31.8 Å². The Labute approximate surface area is 230 Å². The molecule has 7 nitrogen and oxygen atoms in total. The summed E-state index contributed by atoms with van der Waals surface area (Å²) in [6.45, 7) is -0.320. The number of alkyl halides is 6. The monoisotopic (exact) mass is 587 g/mol. The van der Waals surface area contributed by atoms with Gasteiger partial charge in [-0.15, -0.1) is 0 Å². The molecule has 0 amide bonds. The number of methoxy groups -OCH3 is 1. The Morgan fingerprint density at radius 1 is 1.15 bits per heavy atom. The van der Waals surface area contributed by atoms with E-state index < -0.39 is 29.6 Å². The Hall–Kier alpha value is -3.16. The third-order valence-corrected chi connectivity index (χ3v) is 7.80. The number of pyridine rings is 2. The summed E-state index contributed by atoms with van der Waals surface area (Å²) >= 11 is 6.79. The SMILES string of the molecule is COc1nc2c(c(Cl)c1CN1CC(C(F)(F)F)C1)C=C(C(O)(c1ccnc(C(F)(F)F)c1)c1cncn1C)CC2. The third-order valence-electron chi connectivity index (χ3n) is 7.37. The summed E-state index contributed by atoms with van der Waals surface area (Å²) in [5.74, 6) is -1.24. The van der Waals surface area contributed by atoms with Crippen LogP contribution in [0.1, 0.15) is 40.2 Å². The molecule has 1 N–H and O–H groups in total. The summed E-state index contributed by atoms with van der Waals surface area (Å²) in [7, 11) is 2.99. The predicted octanol–water partition coefficient (Wildman–Crippen LogP) is 5.15. The van der Waals surface area contributed by atoms with Gasteiger partial charge in [0.2, 0.25) is 5.88 Å². The summed E-state index contributed by atoms with van der Waals surface area (Å²) in [6.07, 6.45) is -3.20. The fourth-order valence-electron chi connectivity index (χ4n) is 5.21. The number of fused-ring (bicyclic) bond motifs is 1. The summed E-state index contributed by atoms with van der Waals surface area (Å²) in [6, 6.07) is 2.10. The van der Waals surface area contributed by atoms with Crippen molar-refractivity contribution in [3.05, 3.63) is 75.2 Å². The van der Waals surface area contributed by atoms with Crippen LogP contribution in [0.2, 0.25) is 5.02 Å². The van der Waals surface area contributed by atoms with Gasteiger partial charge in [-0.3, -0.25) is 9.88 Å². The fraction of sp³-hybridized carbons (Fsp3) is 0.423. The maximum Gasteiger partial charge on any atom is 0.433 e. The first kappa shape index (κ1) is 28.4. The van der Waals surface area contributed by atoms with Gasteiger partial charge in [0.05, 0.1) is 42.0 Å². The van der Waals surface area contributed by atoms with E-state index in [1.807, 2.05) is 0 Å². The molecule has 1 atom stereocenters. The second-order valence-corrected chi connectivity index (χ2v) is 10.3. The zero-order chi connectivity index (χ0) is 29.0. The van der Waals surface area contributed by atoms with Crippen LogP contribution in [0.4, 0.5) is 26.3 Å². The summed E-state index contributed by atoms with van der Waals surface area (Å²) in [4.78, 5) is 13.6. The van der Waals surface area contributed by atoms with E-state index in [0.29, 0.717) is 22.4 Å². The first-order chi connectivity index (χ1) is 18.7. The highest BCUT2D eigenvalue weighted by Gasteiger charge is 2.47. The lowest BCUT2D eigenvalue weighted by atomic mass is 9.77. The highest BCUT2D eigenvalue weighted by atomic mass is 35.5. The van der Waals surface area contributed by atoms with E-state index in [1.165, 1.54) is 30.3 Å². The molecule has 0 radical (unpaired) electrons. The van der Waals surface area contributed by atoms with Gasteiger partial charge in [0.1, 0.15) is 5.69 Å². The van der Waals surface area contributed by atoms with Crippen LogP contribution in [0, 0.1) is 5.92 Å². The van der Waals surface area contributed by atoms with Crippen molar-refractivity contribution in [1.82, 2.24) is 24.4 Å². The van der Waals surface area contributed by atoms with E-state index in [9.17, 15) is 31.4 Å². The molecule has 4 heterocycles. The number of aliphatic hydroxyl groups is 1. The Balaban J connectivity index is 1.59. The predicted molar refractivity (Wildman–Crippen MR) is 132 cm³/mol. The molecular formula is C26H24ClF6N5O2. The highest BCUT2D eigenvalue weighted by Crippen LogP contribution is 2.45. The molecule has 1 aliphatic heterocycles. The van der Waals surface area contributed by atoms with Gasteiger partial charge in [0.15, 0.2) is 5.60 Å². The van der Waals surface area contributed by atoms with Gasteiger partial charge in [-0.1, -0.05) is 11.6 Å². The first-order valence-corrected chi connectivity index (χ1v) is 12.6. The molecule has 214 valence electrons. The minimum absolute atomic E-state index is 0.0589. The molecule has 1 aliphatic carbocycles. The van der Waals surface area contributed by atoms with E-state index >= 15 is 0 Å². The number of imidazole rings is 1. The lowest BCUT2D eigenvalue weighted by molar-refractivity contribution is -0.210. The minimum atomic E-state index is -4.74. The molecule has 1 fully saturated rings. The molecule has 2 aliphatic rings. The maximum atomic E-state index is 13.5. The van der Waals surface area contributed by atoms with Gasteiger partial charge in [-0.2, -0.15) is 26.3 Å². The largest absolute Gasteiger partial charge is 0.481 e. The molecule has 1 saturated heterocycles. The van der Waals surface area contributed by atoms with Gasteiger partial charge >= 0.3 is 12.4 Å². The summed E-state index contributed by atoms with van der Waals surface area (Å²) in [5, 5.41) is 12.4. The third kappa shape index (κ3) is 4.94. The molecule has 0 saturated carbocycles. The van der Waals surface area contributed by atoms with Gasteiger partial charge in [-0.25, -0.2) is 9.97 Å². The van der Waals surface area contributed by atoms with Crippen LogP contribution >= 0.6 is 11.6 Å². The lowest BCUT2D eigenvalue weighted by Crippen LogP contribution is -2.52. The molecule has 1 unspecified atom stereocenters. The van der Waals surface area contributed by atoms with Gasteiger partial charge in [0, 0.05) is 44.0 Å². The van der Waals surface area contributed by atoms with Crippen molar-refractivity contribution in [2.75, 3.05) is 20.2 Å². The second kappa shape index (κ2) is 10.0. The van der Waals surface area contributed by atoms with Crippen LogP contribution in [-0.4, -0.2) is 55.9 Å². The van der Waals surface area contributed by atoms with Crippen LogP contribution in [0.5, 0.6) is 5.88 Å². The number of hydrogen-bond donors (Lipinski definition) is 1. The fourth-order valence-corrected chi connectivity index (χ4v) is 5.51. The summed E-state index contributed by atoms with van der Waals surface area (Å²) < 4.78 is 86.5. The zero-order valence-corrected chi connectivity index (χ0v) is 22.1. The van der Waals surface area contributed by atoms with Gasteiger partial charge in [-0.05, 0) is 42.2 Å². The van der Waals surface area contributed by atoms with Crippen molar-refractivity contribution < 1.29 is 36.2 Å². The molecule has 0 spiro atoms. The average Bonchev–Trinajstić information content (AvgIpc) is 3.31. The van der Waals surface area contributed by atoms with E-state index in [0.717, 1.165) is 12.3 Å². The molecule has 0 bridgehead atoms. The lowest BCUT2D eigenvalue weighted by Gasteiger charge is -2.40. The van der Waals surface area contributed by atoms with Crippen LogP contribution in [0.15, 0.2) is 36.4 Å². The molecule has 3 aromatic heterocycles. The maximum absolute atomic E-state index is 13.5. The number of ether oxygens (including phenoxy) is 1. The van der Waals surface area contributed by atoms with E-state index in [4.69, 9.17) is 16.3 Å². The Morgan fingerprint density at radius 2 is 1.88 bits per heavy atom. The number of aromatic nitrogens is 4. The van der Waals surface area contributed by atoms with Gasteiger partial charge < -0.3 is 14.4 Å². The minimum Gasteiger partial charge on any atom is -0.481 e. The number of aryl methyl sites for hydroxylation is 2. The van der Waals surface area contributed by atoms with E-state index in [-0.39, 0.29) is 54.6 Å². The first-order valence-electron chi connectivity index (χ1n) is 12.2. The Kier molecular flexibility index (Phi) is 7.12. The molecule has 0 aromatic carbocycles. The molecule has 5 rings (SSSR count). The summed E-state index contributed by atoms with van der Waals surface area (Å²) in [5.41, 5.74) is -1.38. The van der Waals surface area contributed by atoms with Gasteiger partial charge in [0.25, 0.3) is 0 Å². The Morgan fingerprint density at radius 3 is 2.48 bits per heavy atom. The van der Waals surface area contributed by atoms with Crippen LogP contribution in [0.3, 0.4) is 0 Å². The smallest absolute Gasteiger partial charge is 0.433 e. The quantitative estimate of drug-likeness (QED) is 0.402. The number of likely N-dealkylation sites (tertiary alicyclic amines) is 1. The van der Waals surface area contributed by atoms with E-state index in [2.05, 4.69) is 15.0 Å². The highest BCUT2D eigenvalue weighted by molar-refractivity contribution is 6.33. The number of hydrogen-bond acceptors (Lipinski definition) is 6. The van der Waals surface area contributed by atoms with Crippen LogP contribution in [0.25, 0.3) is 6.08 Å². The standard InChI is InChI=1S/C26H24ClF6N5O2/c1-37-13-34-9-21(37)24(39,15-5-6-35-20(8-15)26(31,32)33)14-3-4-19-17(7-14)22(27)18(23(36-19)40-2)12-38-10-16(11-38)25(28,29)30/h5-9,13,16,39H,3-4,10-12H2,1-2H3. The van der Waals surface area contributed by atoms with Crippen molar-refractivity contribution in [3.63, 3.8) is 0 Å². The van der Waals surface area contributed by atoms with Crippen molar-refractivity contribution in [2.45, 2.75) is 37.3 Å². The number of halogens is 7. The number of nitrogens with zero attached hydrogens (tertiary/aromatic N) is 5. The van der Waals surface area contributed by atoms with Crippen molar-refractivity contribution in [2.24, 2.45) is 13.0 Å². The normalized spacial score (nSPS) is 18.1. The Bertz CT molecular complexity index is 1460. The number of rotatable bonds is 6.